The zero-order valence-corrected chi connectivity index (χ0v) is 15.8. The van der Waals surface area contributed by atoms with Gasteiger partial charge in [-0.1, -0.05) is 12.1 Å². The minimum Gasteiger partial charge on any atom is -0.497 e. The average molecular weight is 384 g/mol. The van der Waals surface area contributed by atoms with Crippen LogP contribution in [0.1, 0.15) is 22.0 Å². The van der Waals surface area contributed by atoms with E-state index in [9.17, 15) is 4.79 Å². The number of nitrogens with one attached hydrogen (secondary N) is 1. The summed E-state index contributed by atoms with van der Waals surface area (Å²) in [6, 6.07) is 13.2. The summed E-state index contributed by atoms with van der Waals surface area (Å²) in [5.74, 6) is 1.93. The first-order valence-corrected chi connectivity index (χ1v) is 9.38. The molecule has 0 unspecified atom stereocenters. The van der Waals surface area contributed by atoms with E-state index in [4.69, 9.17) is 18.9 Å². The van der Waals surface area contributed by atoms with Crippen LogP contribution in [0.25, 0.3) is 0 Å². The molecule has 2 heterocycles. The fraction of sp³-hybridized carbons (Fsp3) is 0.381. The highest BCUT2D eigenvalue weighted by Crippen LogP contribution is 2.32. The SMILES string of the molecule is COc1cccc([C@@H](CNC(=O)c2ccc3c(c2)OCO3)N2CCOCC2)c1. The third-order valence-electron chi connectivity index (χ3n) is 5.06. The molecule has 7 heteroatoms. The van der Waals surface area contributed by atoms with Gasteiger partial charge >= 0.3 is 0 Å². The van der Waals surface area contributed by atoms with E-state index in [0.717, 1.165) is 24.4 Å². The van der Waals surface area contributed by atoms with Crippen molar-refractivity contribution < 1.29 is 23.7 Å². The number of methoxy groups -OCH3 is 1. The number of hydrogen-bond donors (Lipinski definition) is 1. The Morgan fingerprint density at radius 3 is 2.79 bits per heavy atom. The van der Waals surface area contributed by atoms with E-state index in [-0.39, 0.29) is 18.7 Å². The summed E-state index contributed by atoms with van der Waals surface area (Å²) in [6.45, 7) is 3.70. The zero-order valence-electron chi connectivity index (χ0n) is 15.8. The maximum atomic E-state index is 12.7. The fourth-order valence-electron chi connectivity index (χ4n) is 3.52. The maximum Gasteiger partial charge on any atom is 0.251 e. The number of nitrogens with zero attached hydrogens (tertiary/aromatic N) is 1. The predicted octanol–water partition coefficient (Wildman–Crippen LogP) is 2.23. The monoisotopic (exact) mass is 384 g/mol. The lowest BCUT2D eigenvalue weighted by Gasteiger charge is -2.35. The Balaban J connectivity index is 1.49. The van der Waals surface area contributed by atoms with Gasteiger partial charge < -0.3 is 24.3 Å². The Hall–Kier alpha value is -2.77. The molecule has 1 fully saturated rings. The van der Waals surface area contributed by atoms with Crippen molar-refractivity contribution in [3.63, 3.8) is 0 Å². The van der Waals surface area contributed by atoms with E-state index in [1.165, 1.54) is 0 Å². The van der Waals surface area contributed by atoms with Gasteiger partial charge in [-0.25, -0.2) is 0 Å². The average Bonchev–Trinajstić information content (AvgIpc) is 3.22. The molecule has 7 nitrogen and oxygen atoms in total. The molecule has 0 radical (unpaired) electrons. The van der Waals surface area contributed by atoms with Gasteiger partial charge in [-0.05, 0) is 35.9 Å². The normalized spacial score (nSPS) is 17.2. The lowest BCUT2D eigenvalue weighted by atomic mass is 10.0. The van der Waals surface area contributed by atoms with Crippen LogP contribution in [0, 0.1) is 0 Å². The molecule has 1 N–H and O–H groups in total. The van der Waals surface area contributed by atoms with Crippen LogP contribution in [0.2, 0.25) is 0 Å². The lowest BCUT2D eigenvalue weighted by molar-refractivity contribution is 0.0162. The van der Waals surface area contributed by atoms with Crippen molar-refractivity contribution in [1.29, 1.82) is 0 Å². The second-order valence-electron chi connectivity index (χ2n) is 6.72. The molecule has 4 rings (SSSR count). The lowest BCUT2D eigenvalue weighted by Crippen LogP contribution is -2.43. The number of morpholine rings is 1. The van der Waals surface area contributed by atoms with Crippen molar-refractivity contribution in [2.24, 2.45) is 0 Å². The van der Waals surface area contributed by atoms with E-state index in [0.29, 0.717) is 36.8 Å². The minimum atomic E-state index is -0.139. The molecule has 2 aromatic rings. The molecule has 2 aliphatic heterocycles. The molecule has 28 heavy (non-hydrogen) atoms. The van der Waals surface area contributed by atoms with E-state index < -0.39 is 0 Å². The number of carbonyl (C=O) groups is 1. The Morgan fingerprint density at radius 1 is 1.14 bits per heavy atom. The fourth-order valence-corrected chi connectivity index (χ4v) is 3.52. The molecule has 0 aromatic heterocycles. The van der Waals surface area contributed by atoms with Gasteiger partial charge in [0.2, 0.25) is 6.79 Å². The van der Waals surface area contributed by atoms with Gasteiger partial charge in [-0.2, -0.15) is 0 Å². The topological polar surface area (TPSA) is 69.3 Å². The van der Waals surface area contributed by atoms with Gasteiger partial charge in [0.25, 0.3) is 5.91 Å². The van der Waals surface area contributed by atoms with Gasteiger partial charge in [0, 0.05) is 25.2 Å². The van der Waals surface area contributed by atoms with Crippen molar-refractivity contribution >= 4 is 5.91 Å². The van der Waals surface area contributed by atoms with E-state index >= 15 is 0 Å². The van der Waals surface area contributed by atoms with Gasteiger partial charge in [0.05, 0.1) is 26.4 Å². The number of benzene rings is 2. The molecule has 148 valence electrons. The molecular weight excluding hydrogens is 360 g/mol. The number of hydrogen-bond acceptors (Lipinski definition) is 6. The Labute approximate surface area is 164 Å². The van der Waals surface area contributed by atoms with Crippen molar-refractivity contribution in [3.8, 4) is 17.2 Å². The number of amides is 1. The molecule has 0 aliphatic carbocycles. The Bertz CT molecular complexity index is 835. The summed E-state index contributed by atoms with van der Waals surface area (Å²) in [7, 11) is 1.66. The van der Waals surface area contributed by atoms with Crippen molar-refractivity contribution in [2.45, 2.75) is 6.04 Å². The Kier molecular flexibility index (Phi) is 5.64. The molecule has 1 saturated heterocycles. The highest BCUT2D eigenvalue weighted by molar-refractivity contribution is 5.95. The van der Waals surface area contributed by atoms with Crippen molar-refractivity contribution in [3.05, 3.63) is 53.6 Å². The van der Waals surface area contributed by atoms with Crippen LogP contribution in [0.5, 0.6) is 17.2 Å². The van der Waals surface area contributed by atoms with Crippen LogP contribution < -0.4 is 19.5 Å². The molecule has 1 atom stereocenters. The van der Waals surface area contributed by atoms with Crippen LogP contribution in [0.3, 0.4) is 0 Å². The summed E-state index contributed by atoms with van der Waals surface area (Å²) < 4.78 is 21.5. The summed E-state index contributed by atoms with van der Waals surface area (Å²) in [6.07, 6.45) is 0. The summed E-state index contributed by atoms with van der Waals surface area (Å²) >= 11 is 0. The number of rotatable bonds is 6. The zero-order chi connectivity index (χ0) is 19.3. The Morgan fingerprint density at radius 2 is 1.96 bits per heavy atom. The molecule has 1 amide bonds. The highest BCUT2D eigenvalue weighted by Gasteiger charge is 2.24. The minimum absolute atomic E-state index is 0.0389. The molecular formula is C21H24N2O5. The highest BCUT2D eigenvalue weighted by atomic mass is 16.7. The first kappa shape index (κ1) is 18.6. The molecule has 2 aromatic carbocycles. The van der Waals surface area contributed by atoms with E-state index in [1.54, 1.807) is 25.3 Å². The van der Waals surface area contributed by atoms with Crippen molar-refractivity contribution in [2.75, 3.05) is 46.8 Å². The maximum absolute atomic E-state index is 12.7. The van der Waals surface area contributed by atoms with Crippen LogP contribution in [0.4, 0.5) is 0 Å². The largest absolute Gasteiger partial charge is 0.497 e. The third kappa shape index (κ3) is 4.05. The van der Waals surface area contributed by atoms with Crippen LogP contribution >= 0.6 is 0 Å². The molecule has 0 spiro atoms. The molecule has 0 saturated carbocycles. The smallest absolute Gasteiger partial charge is 0.251 e. The first-order valence-electron chi connectivity index (χ1n) is 9.38. The quantitative estimate of drug-likeness (QED) is 0.824. The summed E-state index contributed by atoms with van der Waals surface area (Å²) in [4.78, 5) is 15.0. The predicted molar refractivity (Wildman–Crippen MR) is 103 cm³/mol. The van der Waals surface area contributed by atoms with Gasteiger partial charge in [0.1, 0.15) is 5.75 Å². The molecule has 0 bridgehead atoms. The second kappa shape index (κ2) is 8.50. The van der Waals surface area contributed by atoms with E-state index in [1.807, 2.05) is 18.2 Å². The van der Waals surface area contributed by atoms with Gasteiger partial charge in [-0.15, -0.1) is 0 Å². The summed E-state index contributed by atoms with van der Waals surface area (Å²) in [5.41, 5.74) is 1.66. The molecule has 2 aliphatic rings. The summed E-state index contributed by atoms with van der Waals surface area (Å²) in [5, 5.41) is 3.06. The van der Waals surface area contributed by atoms with Crippen molar-refractivity contribution in [1.82, 2.24) is 10.2 Å². The van der Waals surface area contributed by atoms with E-state index in [2.05, 4.69) is 16.3 Å². The van der Waals surface area contributed by atoms with Crippen LogP contribution in [-0.2, 0) is 4.74 Å². The second-order valence-corrected chi connectivity index (χ2v) is 6.72. The van der Waals surface area contributed by atoms with Gasteiger partial charge in [-0.3, -0.25) is 9.69 Å². The third-order valence-corrected chi connectivity index (χ3v) is 5.06. The van der Waals surface area contributed by atoms with Gasteiger partial charge in [0.15, 0.2) is 11.5 Å². The first-order chi connectivity index (χ1) is 13.7. The standard InChI is InChI=1S/C21H24N2O5/c1-25-17-4-2-3-15(11-17)18(23-7-9-26-10-8-23)13-22-21(24)16-5-6-19-20(12-16)28-14-27-19/h2-6,11-12,18H,7-10,13-14H2,1H3,(H,22,24)/t18-/m1/s1. The number of fused-ring (bicyclic) bond motifs is 1. The van der Waals surface area contributed by atoms with Crippen LogP contribution in [-0.4, -0.2) is 57.6 Å². The van der Waals surface area contributed by atoms with Crippen LogP contribution in [0.15, 0.2) is 42.5 Å². The number of carbonyl (C=O) groups excluding carboxylic acids is 1. The number of ether oxygens (including phenoxy) is 4.